The van der Waals surface area contributed by atoms with Crippen LogP contribution in [0.4, 0.5) is 11.5 Å². The summed E-state index contributed by atoms with van der Waals surface area (Å²) in [6, 6.07) is 8.68. The lowest BCUT2D eigenvalue weighted by Gasteiger charge is -2.35. The summed E-state index contributed by atoms with van der Waals surface area (Å²) in [5.41, 5.74) is 8.86. The zero-order valence-corrected chi connectivity index (χ0v) is 18.2. The van der Waals surface area contributed by atoms with Crippen LogP contribution in [0, 0.1) is 0 Å². The van der Waals surface area contributed by atoms with Gasteiger partial charge < -0.3 is 20.5 Å². The fourth-order valence-electron chi connectivity index (χ4n) is 4.53. The van der Waals surface area contributed by atoms with Gasteiger partial charge in [-0.15, -0.1) is 0 Å². The fraction of sp³-hybridized carbons (Fsp3) is 0.478. The minimum absolute atomic E-state index is 0.206. The van der Waals surface area contributed by atoms with E-state index in [4.69, 9.17) is 20.6 Å². The first-order valence-corrected chi connectivity index (χ1v) is 10.7. The van der Waals surface area contributed by atoms with E-state index in [1.54, 1.807) is 11.9 Å². The van der Waals surface area contributed by atoms with Crippen LogP contribution in [-0.2, 0) is 4.79 Å². The minimum Gasteiger partial charge on any atom is -0.463 e. The number of aliphatic imine (C=N–C) groups is 1. The molecule has 0 bridgehead atoms. The van der Waals surface area contributed by atoms with E-state index in [1.807, 2.05) is 13.8 Å². The van der Waals surface area contributed by atoms with Gasteiger partial charge in [0.05, 0.1) is 5.71 Å². The molecule has 0 atom stereocenters. The maximum absolute atomic E-state index is 11.7. The van der Waals surface area contributed by atoms with E-state index >= 15 is 0 Å². The number of nitrogens with zero attached hydrogens (tertiary/aromatic N) is 4. The highest BCUT2D eigenvalue weighted by molar-refractivity contribution is 6.09. The second-order valence-corrected chi connectivity index (χ2v) is 8.78. The molecular formula is C23H29N5O3. The second kappa shape index (κ2) is 8.26. The first kappa shape index (κ1) is 21.2. The van der Waals surface area contributed by atoms with Gasteiger partial charge in [-0.25, -0.2) is 9.98 Å². The molecule has 1 saturated carbocycles. The number of aliphatic hydroxyl groups excluding tert-OH is 1. The molecule has 1 aromatic carbocycles. The first-order chi connectivity index (χ1) is 14.8. The number of nitrogens with two attached hydrogens (primary N) is 1. The van der Waals surface area contributed by atoms with Gasteiger partial charge in [0.2, 0.25) is 11.8 Å². The summed E-state index contributed by atoms with van der Waals surface area (Å²) in [7, 11) is 1.78. The second-order valence-electron chi connectivity index (χ2n) is 8.78. The lowest BCUT2D eigenvalue weighted by Crippen LogP contribution is -2.41. The number of nitrogen functional groups attached to an aromatic ring is 1. The lowest BCUT2D eigenvalue weighted by atomic mass is 9.80. The van der Waals surface area contributed by atoms with E-state index < -0.39 is 12.2 Å². The Bertz CT molecular complexity index is 995. The Morgan fingerprint density at radius 2 is 1.87 bits per heavy atom. The van der Waals surface area contributed by atoms with Crippen molar-refractivity contribution in [2.24, 2.45) is 4.99 Å². The number of carbonyl (C=O) groups is 1. The van der Waals surface area contributed by atoms with E-state index in [1.165, 1.54) is 11.9 Å². The van der Waals surface area contributed by atoms with Gasteiger partial charge in [-0.2, -0.15) is 4.98 Å². The predicted molar refractivity (Wildman–Crippen MR) is 119 cm³/mol. The highest BCUT2D eigenvalue weighted by Crippen LogP contribution is 2.39. The van der Waals surface area contributed by atoms with Crippen molar-refractivity contribution in [3.63, 3.8) is 0 Å². The molecule has 2 heterocycles. The molecule has 8 nitrogen and oxygen atoms in total. The van der Waals surface area contributed by atoms with Crippen molar-refractivity contribution < 1.29 is 14.6 Å². The van der Waals surface area contributed by atoms with E-state index in [0.29, 0.717) is 23.3 Å². The molecule has 0 radical (unpaired) electrons. The van der Waals surface area contributed by atoms with E-state index in [-0.39, 0.29) is 11.9 Å². The van der Waals surface area contributed by atoms with Gasteiger partial charge in [0, 0.05) is 18.7 Å². The predicted octanol–water partition coefficient (Wildman–Crippen LogP) is 2.83. The standard InChI is InChI=1S/C23H29N5O3/c1-23(2)20(27-19-21(24)25-13-26-22(19)31-23)16-6-4-14(5-7-16)15-8-10-17(11-9-15)28(3)18(30)12-29/h4-7,13,15,17,29H,8-12H2,1-3H3,(H2,24,25,26). The lowest BCUT2D eigenvalue weighted by molar-refractivity contribution is -0.135. The first-order valence-electron chi connectivity index (χ1n) is 10.7. The number of amides is 1. The van der Waals surface area contributed by atoms with Gasteiger partial charge >= 0.3 is 0 Å². The van der Waals surface area contributed by atoms with Gasteiger partial charge in [0.25, 0.3) is 0 Å². The third-order valence-corrected chi connectivity index (χ3v) is 6.39. The van der Waals surface area contributed by atoms with Crippen LogP contribution in [-0.4, -0.2) is 56.9 Å². The zero-order valence-electron chi connectivity index (χ0n) is 18.2. The molecule has 1 amide bonds. The van der Waals surface area contributed by atoms with Crippen LogP contribution in [0.3, 0.4) is 0 Å². The number of aromatic nitrogens is 2. The number of rotatable bonds is 4. The molecule has 4 rings (SSSR count). The molecule has 3 N–H and O–H groups in total. The Hall–Kier alpha value is -3.00. The summed E-state index contributed by atoms with van der Waals surface area (Å²) >= 11 is 0. The van der Waals surface area contributed by atoms with Gasteiger partial charge in [0.15, 0.2) is 11.5 Å². The number of anilines is 1. The van der Waals surface area contributed by atoms with Crippen molar-refractivity contribution in [3.8, 4) is 5.88 Å². The van der Waals surface area contributed by atoms with Crippen LogP contribution in [0.15, 0.2) is 35.6 Å². The maximum Gasteiger partial charge on any atom is 0.248 e. The van der Waals surface area contributed by atoms with Crippen molar-refractivity contribution in [1.29, 1.82) is 0 Å². The number of fused-ring (bicyclic) bond motifs is 1. The van der Waals surface area contributed by atoms with Crippen molar-refractivity contribution in [3.05, 3.63) is 41.7 Å². The molecule has 8 heteroatoms. The number of aliphatic hydroxyl groups is 1. The Morgan fingerprint density at radius 3 is 2.52 bits per heavy atom. The van der Waals surface area contributed by atoms with Crippen molar-refractivity contribution in [2.75, 3.05) is 19.4 Å². The maximum atomic E-state index is 11.7. The minimum atomic E-state index is -0.642. The molecule has 1 aliphatic heterocycles. The summed E-state index contributed by atoms with van der Waals surface area (Å²) in [5.74, 6) is 0.957. The number of hydrogen-bond acceptors (Lipinski definition) is 7. The molecule has 2 aliphatic rings. The molecular weight excluding hydrogens is 394 g/mol. The fourth-order valence-corrected chi connectivity index (χ4v) is 4.53. The number of carbonyl (C=O) groups excluding carboxylic acids is 1. The highest BCUT2D eigenvalue weighted by atomic mass is 16.5. The highest BCUT2D eigenvalue weighted by Gasteiger charge is 2.35. The van der Waals surface area contributed by atoms with E-state index in [2.05, 4.69) is 34.2 Å². The van der Waals surface area contributed by atoms with Crippen molar-refractivity contribution in [2.45, 2.75) is 57.1 Å². The molecule has 1 aliphatic carbocycles. The largest absolute Gasteiger partial charge is 0.463 e. The monoisotopic (exact) mass is 423 g/mol. The molecule has 0 unspecified atom stereocenters. The summed E-state index contributed by atoms with van der Waals surface area (Å²) < 4.78 is 6.06. The summed E-state index contributed by atoms with van der Waals surface area (Å²) in [4.78, 5) is 26.4. The smallest absolute Gasteiger partial charge is 0.248 e. The normalized spacial score (nSPS) is 22.1. The Kier molecular flexibility index (Phi) is 5.66. The summed E-state index contributed by atoms with van der Waals surface area (Å²) in [5, 5.41) is 9.08. The van der Waals surface area contributed by atoms with Gasteiger partial charge in [-0.3, -0.25) is 4.79 Å². The molecule has 0 saturated heterocycles. The molecule has 0 spiro atoms. The molecule has 164 valence electrons. The van der Waals surface area contributed by atoms with Crippen molar-refractivity contribution >= 4 is 23.1 Å². The number of ether oxygens (including phenoxy) is 1. The van der Waals surface area contributed by atoms with E-state index in [9.17, 15) is 4.79 Å². The summed E-state index contributed by atoms with van der Waals surface area (Å²) in [6.45, 7) is 3.50. The molecule has 1 fully saturated rings. The van der Waals surface area contributed by atoms with Crippen LogP contribution in [0.5, 0.6) is 5.88 Å². The number of benzene rings is 1. The van der Waals surface area contributed by atoms with Crippen molar-refractivity contribution in [1.82, 2.24) is 14.9 Å². The van der Waals surface area contributed by atoms with Crippen LogP contribution >= 0.6 is 0 Å². The van der Waals surface area contributed by atoms with Gasteiger partial charge in [-0.1, -0.05) is 24.3 Å². The SMILES string of the molecule is CN(C(=O)CO)C1CCC(c2ccc(C3=Nc4c(N)ncnc4OC3(C)C)cc2)CC1. The number of hydrogen-bond donors (Lipinski definition) is 2. The average Bonchev–Trinajstić information content (AvgIpc) is 2.77. The average molecular weight is 424 g/mol. The van der Waals surface area contributed by atoms with Crippen LogP contribution < -0.4 is 10.5 Å². The van der Waals surface area contributed by atoms with Crippen LogP contribution in [0.1, 0.15) is 56.6 Å². The van der Waals surface area contributed by atoms with Gasteiger partial charge in [-0.05, 0) is 51.0 Å². The zero-order chi connectivity index (χ0) is 22.2. The third-order valence-electron chi connectivity index (χ3n) is 6.39. The van der Waals surface area contributed by atoms with E-state index in [0.717, 1.165) is 37.0 Å². The van der Waals surface area contributed by atoms with Crippen LogP contribution in [0.25, 0.3) is 0 Å². The van der Waals surface area contributed by atoms with Gasteiger partial charge in [0.1, 0.15) is 18.5 Å². The number of likely N-dealkylation sites (N-methyl/N-ethyl adjacent to an activating group) is 1. The summed E-state index contributed by atoms with van der Waals surface area (Å²) in [6.07, 6.45) is 5.30. The Morgan fingerprint density at radius 1 is 1.19 bits per heavy atom. The third kappa shape index (κ3) is 4.12. The topological polar surface area (TPSA) is 114 Å². The Balaban J connectivity index is 1.50. The Labute approximate surface area is 182 Å². The molecule has 1 aromatic heterocycles. The van der Waals surface area contributed by atoms with Crippen LogP contribution in [0.2, 0.25) is 0 Å². The quantitative estimate of drug-likeness (QED) is 0.782. The molecule has 2 aromatic rings. The molecule has 31 heavy (non-hydrogen) atoms.